The molecule has 0 unspecified atom stereocenters. The number of benzene rings is 1. The molecule has 0 bridgehead atoms. The molecule has 0 atom stereocenters. The maximum Gasteiger partial charge on any atom is 0.243 e. The Kier molecular flexibility index (Phi) is 5.44. The van der Waals surface area contributed by atoms with Crippen LogP contribution in [0.15, 0.2) is 53.7 Å². The third kappa shape index (κ3) is 3.81. The summed E-state index contributed by atoms with van der Waals surface area (Å²) < 4.78 is 40.1. The molecule has 1 aliphatic rings. The second-order valence-corrected chi connectivity index (χ2v) is 8.81. The van der Waals surface area contributed by atoms with Gasteiger partial charge in [0.15, 0.2) is 11.5 Å². The molecule has 8 nitrogen and oxygen atoms in total. The standard InChI is InChI=1S/C20H24N4O4S/c1-27-18-7-6-17(13-19(18)28-2)29(25,26)23-11-9-22(10-12-23)15-16-14-21-20-5-3-4-8-24(16)20/h3-8,13-14H,9-12,15H2,1-2H3. The van der Waals surface area contributed by atoms with Crippen molar-refractivity contribution in [3.8, 4) is 11.5 Å². The van der Waals surface area contributed by atoms with Crippen LogP contribution in [0.1, 0.15) is 5.69 Å². The number of hydrogen-bond acceptors (Lipinski definition) is 6. The van der Waals surface area contributed by atoms with E-state index in [0.29, 0.717) is 37.7 Å². The zero-order chi connectivity index (χ0) is 20.4. The molecule has 0 N–H and O–H groups in total. The monoisotopic (exact) mass is 416 g/mol. The van der Waals surface area contributed by atoms with Crippen molar-refractivity contribution >= 4 is 15.7 Å². The van der Waals surface area contributed by atoms with Gasteiger partial charge >= 0.3 is 0 Å². The molecule has 3 aromatic rings. The number of sulfonamides is 1. The minimum absolute atomic E-state index is 0.213. The molecule has 0 aliphatic carbocycles. The van der Waals surface area contributed by atoms with Crippen LogP contribution in [0.5, 0.6) is 11.5 Å². The van der Waals surface area contributed by atoms with Gasteiger partial charge in [-0.25, -0.2) is 13.4 Å². The van der Waals surface area contributed by atoms with Crippen LogP contribution < -0.4 is 9.47 Å². The molecular formula is C20H24N4O4S. The van der Waals surface area contributed by atoms with E-state index in [2.05, 4.69) is 14.3 Å². The topological polar surface area (TPSA) is 76.4 Å². The zero-order valence-corrected chi connectivity index (χ0v) is 17.3. The van der Waals surface area contributed by atoms with E-state index in [1.54, 1.807) is 12.1 Å². The van der Waals surface area contributed by atoms with Crippen molar-refractivity contribution in [2.45, 2.75) is 11.4 Å². The van der Waals surface area contributed by atoms with Gasteiger partial charge in [-0.05, 0) is 24.3 Å². The summed E-state index contributed by atoms with van der Waals surface area (Å²) in [5, 5.41) is 0. The number of pyridine rings is 1. The van der Waals surface area contributed by atoms with Crippen LogP contribution in [0.2, 0.25) is 0 Å². The first kappa shape index (κ1) is 19.7. The van der Waals surface area contributed by atoms with Crippen molar-refractivity contribution in [3.63, 3.8) is 0 Å². The average molecular weight is 417 g/mol. The van der Waals surface area contributed by atoms with Gasteiger partial charge in [0.2, 0.25) is 10.0 Å². The van der Waals surface area contributed by atoms with Crippen LogP contribution in [0.25, 0.3) is 5.65 Å². The number of fused-ring (bicyclic) bond motifs is 1. The highest BCUT2D eigenvalue weighted by Gasteiger charge is 2.29. The zero-order valence-electron chi connectivity index (χ0n) is 16.5. The molecule has 4 rings (SSSR count). The smallest absolute Gasteiger partial charge is 0.243 e. The van der Waals surface area contributed by atoms with Crippen LogP contribution in [0.4, 0.5) is 0 Å². The minimum Gasteiger partial charge on any atom is -0.493 e. The fraction of sp³-hybridized carbons (Fsp3) is 0.350. The highest BCUT2D eigenvalue weighted by molar-refractivity contribution is 7.89. The molecule has 1 aromatic carbocycles. The number of imidazole rings is 1. The number of rotatable bonds is 6. The minimum atomic E-state index is -3.59. The lowest BCUT2D eigenvalue weighted by atomic mass is 10.3. The van der Waals surface area contributed by atoms with Gasteiger partial charge in [-0.15, -0.1) is 0 Å². The summed E-state index contributed by atoms with van der Waals surface area (Å²) in [7, 11) is -0.570. The maximum absolute atomic E-state index is 13.1. The van der Waals surface area contributed by atoms with E-state index < -0.39 is 10.0 Å². The number of aromatic nitrogens is 2. The van der Waals surface area contributed by atoms with Gasteiger partial charge in [-0.1, -0.05) is 6.07 Å². The van der Waals surface area contributed by atoms with E-state index in [1.807, 2.05) is 30.6 Å². The van der Waals surface area contributed by atoms with Gasteiger partial charge in [0.05, 0.1) is 31.0 Å². The molecule has 29 heavy (non-hydrogen) atoms. The number of ether oxygens (including phenoxy) is 2. The molecule has 0 radical (unpaired) electrons. The summed E-state index contributed by atoms with van der Waals surface area (Å²) >= 11 is 0. The fourth-order valence-electron chi connectivity index (χ4n) is 3.59. The second kappa shape index (κ2) is 8.02. The highest BCUT2D eigenvalue weighted by atomic mass is 32.2. The van der Waals surface area contributed by atoms with Crippen molar-refractivity contribution in [1.29, 1.82) is 0 Å². The van der Waals surface area contributed by atoms with Gasteiger partial charge in [-0.2, -0.15) is 4.31 Å². The van der Waals surface area contributed by atoms with Gasteiger partial charge < -0.3 is 13.9 Å². The lowest BCUT2D eigenvalue weighted by molar-refractivity contribution is 0.179. The molecule has 154 valence electrons. The van der Waals surface area contributed by atoms with Crippen molar-refractivity contribution in [1.82, 2.24) is 18.6 Å². The number of methoxy groups -OCH3 is 2. The quantitative estimate of drug-likeness (QED) is 0.611. The molecular weight excluding hydrogens is 392 g/mol. The lowest BCUT2D eigenvalue weighted by Crippen LogP contribution is -2.48. The molecule has 9 heteroatoms. The van der Waals surface area contributed by atoms with Gasteiger partial charge in [0.1, 0.15) is 5.65 Å². The summed E-state index contributed by atoms with van der Waals surface area (Å²) in [6.45, 7) is 2.93. The third-order valence-corrected chi connectivity index (χ3v) is 7.10. The van der Waals surface area contributed by atoms with Crippen LogP contribution in [-0.4, -0.2) is 67.4 Å². The fourth-order valence-corrected chi connectivity index (χ4v) is 5.02. The Morgan fingerprint density at radius 3 is 2.48 bits per heavy atom. The van der Waals surface area contributed by atoms with E-state index in [0.717, 1.165) is 17.9 Å². The highest BCUT2D eigenvalue weighted by Crippen LogP contribution is 2.31. The van der Waals surface area contributed by atoms with Crippen molar-refractivity contribution < 1.29 is 17.9 Å². The molecule has 3 heterocycles. The molecule has 1 saturated heterocycles. The molecule has 0 spiro atoms. The molecule has 1 aliphatic heterocycles. The first-order valence-electron chi connectivity index (χ1n) is 9.38. The van der Waals surface area contributed by atoms with Gasteiger partial charge in [0.25, 0.3) is 0 Å². The summed E-state index contributed by atoms with van der Waals surface area (Å²) in [4.78, 5) is 6.88. The Morgan fingerprint density at radius 1 is 1.00 bits per heavy atom. The van der Waals surface area contributed by atoms with Crippen molar-refractivity contribution in [3.05, 3.63) is 54.5 Å². The number of piperazine rings is 1. The van der Waals surface area contributed by atoms with E-state index in [9.17, 15) is 8.42 Å². The van der Waals surface area contributed by atoms with Crippen LogP contribution in [0.3, 0.4) is 0 Å². The van der Waals surface area contributed by atoms with E-state index >= 15 is 0 Å². The van der Waals surface area contributed by atoms with E-state index in [1.165, 1.54) is 24.6 Å². The second-order valence-electron chi connectivity index (χ2n) is 6.88. The molecule has 0 amide bonds. The lowest BCUT2D eigenvalue weighted by Gasteiger charge is -2.33. The number of hydrogen-bond donors (Lipinski definition) is 0. The van der Waals surface area contributed by atoms with Crippen molar-refractivity contribution in [2.24, 2.45) is 0 Å². The van der Waals surface area contributed by atoms with Crippen LogP contribution in [-0.2, 0) is 16.6 Å². The average Bonchev–Trinajstić information content (AvgIpc) is 3.16. The summed E-state index contributed by atoms with van der Waals surface area (Å²) in [6.07, 6.45) is 3.87. The Labute approximate surface area is 170 Å². The van der Waals surface area contributed by atoms with E-state index in [4.69, 9.17) is 9.47 Å². The Balaban J connectivity index is 1.45. The van der Waals surface area contributed by atoms with Crippen molar-refractivity contribution in [2.75, 3.05) is 40.4 Å². The third-order valence-electron chi connectivity index (χ3n) is 5.20. The molecule has 2 aromatic heterocycles. The largest absolute Gasteiger partial charge is 0.493 e. The molecule has 1 fully saturated rings. The normalized spacial score (nSPS) is 16.2. The SMILES string of the molecule is COc1ccc(S(=O)(=O)N2CCN(Cc3cnc4ccccn34)CC2)cc1OC. The van der Waals surface area contributed by atoms with Crippen LogP contribution in [0, 0.1) is 0 Å². The summed E-state index contributed by atoms with van der Waals surface area (Å²) in [5.41, 5.74) is 2.01. The summed E-state index contributed by atoms with van der Waals surface area (Å²) in [6, 6.07) is 10.6. The van der Waals surface area contributed by atoms with Crippen LogP contribution >= 0.6 is 0 Å². The van der Waals surface area contributed by atoms with Gasteiger partial charge in [0, 0.05) is 45.0 Å². The predicted octanol–water partition coefficient (Wildman–Crippen LogP) is 1.86. The Morgan fingerprint density at radius 2 is 1.76 bits per heavy atom. The first-order chi connectivity index (χ1) is 14.0. The summed E-state index contributed by atoms with van der Waals surface area (Å²) in [5.74, 6) is 0.907. The Hall–Kier alpha value is -2.62. The first-order valence-corrected chi connectivity index (χ1v) is 10.8. The molecule has 0 saturated carbocycles. The maximum atomic E-state index is 13.1. The number of nitrogens with zero attached hydrogens (tertiary/aromatic N) is 4. The predicted molar refractivity (Wildman–Crippen MR) is 109 cm³/mol. The Bertz CT molecular complexity index is 1100. The van der Waals surface area contributed by atoms with Gasteiger partial charge in [-0.3, -0.25) is 4.90 Å². The van der Waals surface area contributed by atoms with E-state index in [-0.39, 0.29) is 4.90 Å².